The van der Waals surface area contributed by atoms with E-state index in [0.29, 0.717) is 12.8 Å². The van der Waals surface area contributed by atoms with Gasteiger partial charge in [-0.25, -0.2) is 0 Å². The maximum atomic E-state index is 11.2. The van der Waals surface area contributed by atoms with Crippen LogP contribution in [0.4, 0.5) is 0 Å². The summed E-state index contributed by atoms with van der Waals surface area (Å²) in [6.45, 7) is 0. The molecule has 3 nitrogen and oxygen atoms in total. The molecular weight excluding hydrogens is 298 g/mol. The SMILES string of the molecule is O=C(O)C1CC=C(c2c(-c3ccccc3)[nH]c3ccccc23)CC1. The van der Waals surface area contributed by atoms with Gasteiger partial charge in [-0.2, -0.15) is 0 Å². The Balaban J connectivity index is 1.86. The van der Waals surface area contributed by atoms with Crippen molar-refractivity contribution in [2.24, 2.45) is 5.92 Å². The van der Waals surface area contributed by atoms with Crippen LogP contribution in [-0.4, -0.2) is 16.1 Å². The molecule has 0 radical (unpaired) electrons. The number of carboxylic acids is 1. The standard InChI is InChI=1S/C21H19NO2/c23-21(24)16-12-10-14(11-13-16)19-17-8-4-5-9-18(17)22-20(19)15-6-2-1-3-7-15/h1-10,16,22H,11-13H2,(H,23,24). The molecule has 0 fully saturated rings. The maximum absolute atomic E-state index is 11.2. The molecule has 1 heterocycles. The number of carboxylic acid groups (broad SMARTS) is 1. The smallest absolute Gasteiger partial charge is 0.306 e. The first-order chi connectivity index (χ1) is 11.7. The van der Waals surface area contributed by atoms with Crippen molar-refractivity contribution in [2.75, 3.05) is 0 Å². The lowest BCUT2D eigenvalue weighted by Gasteiger charge is -2.19. The molecule has 0 spiro atoms. The van der Waals surface area contributed by atoms with Crippen molar-refractivity contribution in [1.82, 2.24) is 4.98 Å². The summed E-state index contributed by atoms with van der Waals surface area (Å²) in [6.07, 6.45) is 4.23. The van der Waals surface area contributed by atoms with E-state index >= 15 is 0 Å². The number of H-pyrrole nitrogens is 1. The highest BCUT2D eigenvalue weighted by Gasteiger charge is 2.24. The fraction of sp³-hybridized carbons (Fsp3) is 0.190. The molecule has 24 heavy (non-hydrogen) atoms. The van der Waals surface area contributed by atoms with Gasteiger partial charge in [0.25, 0.3) is 0 Å². The fourth-order valence-corrected chi connectivity index (χ4v) is 3.58. The predicted molar refractivity (Wildman–Crippen MR) is 96.7 cm³/mol. The van der Waals surface area contributed by atoms with E-state index < -0.39 is 5.97 Å². The molecule has 3 aromatic rings. The van der Waals surface area contributed by atoms with E-state index in [9.17, 15) is 9.90 Å². The third kappa shape index (κ3) is 2.52. The number of rotatable bonds is 3. The highest BCUT2D eigenvalue weighted by atomic mass is 16.4. The number of allylic oxidation sites excluding steroid dienone is 2. The van der Waals surface area contributed by atoms with Crippen LogP contribution in [0.15, 0.2) is 60.7 Å². The molecule has 1 unspecified atom stereocenters. The summed E-state index contributed by atoms with van der Waals surface area (Å²) < 4.78 is 0. The van der Waals surface area contributed by atoms with Crippen LogP contribution in [0.1, 0.15) is 24.8 Å². The molecule has 2 aromatic carbocycles. The molecule has 4 rings (SSSR count). The van der Waals surface area contributed by atoms with Crippen molar-refractivity contribution >= 4 is 22.4 Å². The van der Waals surface area contributed by atoms with E-state index in [1.807, 2.05) is 24.3 Å². The van der Waals surface area contributed by atoms with Crippen molar-refractivity contribution < 1.29 is 9.90 Å². The monoisotopic (exact) mass is 317 g/mol. The Bertz CT molecular complexity index is 921. The van der Waals surface area contributed by atoms with Gasteiger partial charge >= 0.3 is 5.97 Å². The average Bonchev–Trinajstić information content (AvgIpc) is 3.02. The van der Waals surface area contributed by atoms with Gasteiger partial charge in [-0.05, 0) is 36.5 Å². The van der Waals surface area contributed by atoms with Gasteiger partial charge in [0, 0.05) is 16.5 Å². The highest BCUT2D eigenvalue weighted by molar-refractivity contribution is 6.00. The van der Waals surface area contributed by atoms with Crippen molar-refractivity contribution in [1.29, 1.82) is 0 Å². The predicted octanol–water partition coefficient (Wildman–Crippen LogP) is 5.10. The van der Waals surface area contributed by atoms with E-state index in [1.54, 1.807) is 0 Å². The molecule has 0 saturated carbocycles. The summed E-state index contributed by atoms with van der Waals surface area (Å²) in [6, 6.07) is 18.6. The van der Waals surface area contributed by atoms with Crippen molar-refractivity contribution in [3.8, 4) is 11.3 Å². The van der Waals surface area contributed by atoms with Gasteiger partial charge in [-0.1, -0.05) is 54.6 Å². The van der Waals surface area contributed by atoms with Gasteiger partial charge in [-0.15, -0.1) is 0 Å². The minimum absolute atomic E-state index is 0.251. The van der Waals surface area contributed by atoms with Gasteiger partial charge in [0.2, 0.25) is 0 Å². The molecule has 1 aliphatic carbocycles. The number of para-hydroxylation sites is 1. The first-order valence-electron chi connectivity index (χ1n) is 8.32. The average molecular weight is 317 g/mol. The molecule has 1 aromatic heterocycles. The lowest BCUT2D eigenvalue weighted by molar-refractivity contribution is -0.141. The Kier molecular flexibility index (Phi) is 3.69. The zero-order chi connectivity index (χ0) is 16.5. The van der Waals surface area contributed by atoms with Crippen LogP contribution in [0.2, 0.25) is 0 Å². The van der Waals surface area contributed by atoms with Gasteiger partial charge in [0.1, 0.15) is 0 Å². The van der Waals surface area contributed by atoms with Gasteiger partial charge in [0.05, 0.1) is 11.6 Å². The third-order valence-electron chi connectivity index (χ3n) is 4.85. The highest BCUT2D eigenvalue weighted by Crippen LogP contribution is 2.40. The Morgan fingerprint density at radius 1 is 1.04 bits per heavy atom. The first-order valence-corrected chi connectivity index (χ1v) is 8.32. The summed E-state index contributed by atoms with van der Waals surface area (Å²) in [5.74, 6) is -0.938. The van der Waals surface area contributed by atoms with E-state index in [1.165, 1.54) is 16.5 Å². The van der Waals surface area contributed by atoms with E-state index in [-0.39, 0.29) is 5.92 Å². The second kappa shape index (κ2) is 6.00. The molecule has 3 heteroatoms. The Morgan fingerprint density at radius 3 is 2.50 bits per heavy atom. The van der Waals surface area contributed by atoms with Crippen molar-refractivity contribution in [3.63, 3.8) is 0 Å². The molecule has 0 bridgehead atoms. The molecule has 1 aliphatic rings. The topological polar surface area (TPSA) is 53.1 Å². The fourth-order valence-electron chi connectivity index (χ4n) is 3.58. The number of nitrogens with one attached hydrogen (secondary N) is 1. The number of aromatic amines is 1. The first kappa shape index (κ1) is 14.8. The molecule has 1 atom stereocenters. The lowest BCUT2D eigenvalue weighted by Crippen LogP contribution is -2.15. The molecule has 0 saturated heterocycles. The van der Waals surface area contributed by atoms with Crippen LogP contribution >= 0.6 is 0 Å². The van der Waals surface area contributed by atoms with Crippen molar-refractivity contribution in [3.05, 3.63) is 66.2 Å². The van der Waals surface area contributed by atoms with Crippen LogP contribution in [0.5, 0.6) is 0 Å². The summed E-state index contributed by atoms with van der Waals surface area (Å²) in [7, 11) is 0. The number of fused-ring (bicyclic) bond motifs is 1. The quantitative estimate of drug-likeness (QED) is 0.706. The second-order valence-corrected chi connectivity index (χ2v) is 6.33. The number of aliphatic carboxylic acids is 1. The second-order valence-electron chi connectivity index (χ2n) is 6.33. The van der Waals surface area contributed by atoms with E-state index in [4.69, 9.17) is 0 Å². The summed E-state index contributed by atoms with van der Waals surface area (Å²) in [4.78, 5) is 14.8. The number of hydrogen-bond donors (Lipinski definition) is 2. The van der Waals surface area contributed by atoms with Crippen LogP contribution in [0.3, 0.4) is 0 Å². The Morgan fingerprint density at radius 2 is 1.79 bits per heavy atom. The summed E-state index contributed by atoms with van der Waals surface area (Å²) in [5, 5.41) is 10.4. The number of hydrogen-bond acceptors (Lipinski definition) is 1. The minimum atomic E-state index is -0.687. The third-order valence-corrected chi connectivity index (χ3v) is 4.85. The number of carbonyl (C=O) groups is 1. The van der Waals surface area contributed by atoms with Crippen LogP contribution in [0, 0.1) is 5.92 Å². The molecule has 120 valence electrons. The summed E-state index contributed by atoms with van der Waals surface area (Å²) >= 11 is 0. The molecule has 0 amide bonds. The van der Waals surface area contributed by atoms with E-state index in [0.717, 1.165) is 23.2 Å². The number of benzene rings is 2. The normalized spacial score (nSPS) is 17.7. The lowest BCUT2D eigenvalue weighted by atomic mass is 9.85. The number of aromatic nitrogens is 1. The summed E-state index contributed by atoms with van der Waals surface area (Å²) in [5.41, 5.74) is 5.87. The zero-order valence-corrected chi connectivity index (χ0v) is 13.3. The van der Waals surface area contributed by atoms with Gasteiger partial charge in [0.15, 0.2) is 0 Å². The van der Waals surface area contributed by atoms with Crippen LogP contribution < -0.4 is 0 Å². The molecule has 2 N–H and O–H groups in total. The van der Waals surface area contributed by atoms with Gasteiger partial charge < -0.3 is 10.1 Å². The zero-order valence-electron chi connectivity index (χ0n) is 13.3. The minimum Gasteiger partial charge on any atom is -0.481 e. The largest absolute Gasteiger partial charge is 0.481 e. The maximum Gasteiger partial charge on any atom is 0.306 e. The van der Waals surface area contributed by atoms with Crippen molar-refractivity contribution in [2.45, 2.75) is 19.3 Å². The van der Waals surface area contributed by atoms with Crippen LogP contribution in [-0.2, 0) is 4.79 Å². The van der Waals surface area contributed by atoms with E-state index in [2.05, 4.69) is 41.4 Å². The van der Waals surface area contributed by atoms with Crippen LogP contribution in [0.25, 0.3) is 27.7 Å². The molecular formula is C21H19NO2. The van der Waals surface area contributed by atoms with Gasteiger partial charge in [-0.3, -0.25) is 4.79 Å². The molecule has 0 aliphatic heterocycles. The Labute approximate surface area is 140 Å². The Hall–Kier alpha value is -2.81.